The number of anilines is 1. The number of nitrogens with one attached hydrogen (secondary N) is 1. The van der Waals surface area contributed by atoms with Crippen molar-refractivity contribution >= 4 is 28.2 Å². The van der Waals surface area contributed by atoms with Crippen LogP contribution in [0.2, 0.25) is 0 Å². The molecule has 1 amide bonds. The number of rotatable bonds is 4. The van der Waals surface area contributed by atoms with Crippen LogP contribution >= 0.6 is 0 Å². The van der Waals surface area contributed by atoms with E-state index in [0.29, 0.717) is 17.0 Å². The number of oxazole rings is 1. The Kier molecular flexibility index (Phi) is 4.26. The molecule has 0 saturated heterocycles. The van der Waals surface area contributed by atoms with E-state index in [2.05, 4.69) is 10.3 Å². The molecule has 132 valence electrons. The molecule has 1 aromatic heterocycles. The van der Waals surface area contributed by atoms with Gasteiger partial charge in [0.25, 0.3) is 5.91 Å². The van der Waals surface area contributed by atoms with E-state index in [9.17, 15) is 9.59 Å². The molecular formula is C22H16N2O3. The van der Waals surface area contributed by atoms with Crippen LogP contribution in [0, 0.1) is 0 Å². The van der Waals surface area contributed by atoms with E-state index < -0.39 is 0 Å². The predicted molar refractivity (Wildman–Crippen MR) is 104 cm³/mol. The number of hydrogen-bond donors (Lipinski definition) is 1. The van der Waals surface area contributed by atoms with E-state index in [4.69, 9.17) is 4.42 Å². The van der Waals surface area contributed by atoms with Gasteiger partial charge in [0.15, 0.2) is 23.6 Å². The van der Waals surface area contributed by atoms with Gasteiger partial charge in [0, 0.05) is 16.8 Å². The van der Waals surface area contributed by atoms with Gasteiger partial charge in [-0.15, -0.1) is 0 Å². The third kappa shape index (κ3) is 3.35. The Labute approximate surface area is 155 Å². The highest BCUT2D eigenvalue weighted by molar-refractivity contribution is 6.07. The van der Waals surface area contributed by atoms with Crippen molar-refractivity contribution in [3.05, 3.63) is 84.4 Å². The Bertz CT molecular complexity index is 1140. The van der Waals surface area contributed by atoms with Gasteiger partial charge >= 0.3 is 0 Å². The summed E-state index contributed by atoms with van der Waals surface area (Å²) in [4.78, 5) is 28.1. The second kappa shape index (κ2) is 6.88. The molecule has 3 aromatic carbocycles. The minimum absolute atomic E-state index is 0.0250. The van der Waals surface area contributed by atoms with E-state index in [1.54, 1.807) is 24.3 Å². The first kappa shape index (κ1) is 16.7. The molecule has 0 atom stereocenters. The van der Waals surface area contributed by atoms with Crippen molar-refractivity contribution in [1.29, 1.82) is 0 Å². The first-order chi connectivity index (χ1) is 13.1. The third-order valence-electron chi connectivity index (χ3n) is 4.34. The molecule has 0 aliphatic rings. The van der Waals surface area contributed by atoms with Crippen LogP contribution < -0.4 is 5.32 Å². The molecule has 5 heteroatoms. The number of aromatic nitrogens is 1. The summed E-state index contributed by atoms with van der Waals surface area (Å²) in [5.74, 6) is 0.0176. The van der Waals surface area contributed by atoms with E-state index in [1.165, 1.54) is 13.3 Å². The van der Waals surface area contributed by atoms with Crippen LogP contribution in [-0.2, 0) is 0 Å². The zero-order chi connectivity index (χ0) is 18.8. The lowest BCUT2D eigenvalue weighted by atomic mass is 10.0. The number of hydrogen-bond acceptors (Lipinski definition) is 4. The van der Waals surface area contributed by atoms with Gasteiger partial charge in [-0.1, -0.05) is 36.4 Å². The standard InChI is InChI=1S/C22H16N2O3/c1-14(25)15-8-10-19(11-9-15)24-22(26)20-21(27-13-23-20)18-7-6-16-4-2-3-5-17(16)12-18/h2-13H,1H3,(H,24,26). The summed E-state index contributed by atoms with van der Waals surface area (Å²) in [6, 6.07) is 20.5. The van der Waals surface area contributed by atoms with Crippen LogP contribution in [-0.4, -0.2) is 16.7 Å². The average molecular weight is 356 g/mol. The normalized spacial score (nSPS) is 10.7. The quantitative estimate of drug-likeness (QED) is 0.525. The number of carbonyl (C=O) groups excluding carboxylic acids is 2. The topological polar surface area (TPSA) is 72.2 Å². The predicted octanol–water partition coefficient (Wildman–Crippen LogP) is 4.95. The van der Waals surface area contributed by atoms with Crippen LogP contribution in [0.4, 0.5) is 5.69 Å². The molecule has 0 bridgehead atoms. The van der Waals surface area contributed by atoms with Crippen molar-refractivity contribution in [2.24, 2.45) is 0 Å². The van der Waals surface area contributed by atoms with Crippen molar-refractivity contribution in [2.75, 3.05) is 5.32 Å². The number of benzene rings is 3. The zero-order valence-corrected chi connectivity index (χ0v) is 14.6. The lowest BCUT2D eigenvalue weighted by Crippen LogP contribution is -2.13. The second-order valence-electron chi connectivity index (χ2n) is 6.18. The third-order valence-corrected chi connectivity index (χ3v) is 4.34. The molecule has 4 rings (SSSR count). The van der Waals surface area contributed by atoms with E-state index in [1.807, 2.05) is 42.5 Å². The maximum atomic E-state index is 12.7. The van der Waals surface area contributed by atoms with Crippen LogP contribution in [0.3, 0.4) is 0 Å². The Balaban J connectivity index is 1.62. The summed E-state index contributed by atoms with van der Waals surface area (Å²) in [5, 5.41) is 4.95. The lowest BCUT2D eigenvalue weighted by Gasteiger charge is -2.06. The molecule has 0 spiro atoms. The van der Waals surface area contributed by atoms with Gasteiger partial charge in [-0.05, 0) is 48.0 Å². The number of fused-ring (bicyclic) bond motifs is 1. The average Bonchev–Trinajstić information content (AvgIpc) is 3.18. The molecule has 1 heterocycles. The van der Waals surface area contributed by atoms with Gasteiger partial charge < -0.3 is 9.73 Å². The first-order valence-electron chi connectivity index (χ1n) is 8.47. The summed E-state index contributed by atoms with van der Waals surface area (Å²) in [7, 11) is 0. The fraction of sp³-hybridized carbons (Fsp3) is 0.0455. The largest absolute Gasteiger partial charge is 0.443 e. The van der Waals surface area contributed by atoms with Crippen LogP contribution in [0.25, 0.3) is 22.1 Å². The first-order valence-corrected chi connectivity index (χ1v) is 8.47. The second-order valence-corrected chi connectivity index (χ2v) is 6.18. The minimum Gasteiger partial charge on any atom is -0.443 e. The van der Waals surface area contributed by atoms with Gasteiger partial charge in [-0.3, -0.25) is 9.59 Å². The molecule has 4 aromatic rings. The van der Waals surface area contributed by atoms with Crippen molar-refractivity contribution < 1.29 is 14.0 Å². The van der Waals surface area contributed by atoms with Crippen molar-refractivity contribution in [3.8, 4) is 11.3 Å². The summed E-state index contributed by atoms with van der Waals surface area (Å²) in [6.07, 6.45) is 1.26. The molecule has 0 unspecified atom stereocenters. The molecule has 27 heavy (non-hydrogen) atoms. The lowest BCUT2D eigenvalue weighted by molar-refractivity contribution is 0.101. The Morgan fingerprint density at radius 1 is 0.926 bits per heavy atom. The summed E-state index contributed by atoms with van der Waals surface area (Å²) in [5.41, 5.74) is 2.16. The van der Waals surface area contributed by atoms with Gasteiger partial charge in [-0.2, -0.15) is 0 Å². The van der Waals surface area contributed by atoms with E-state index in [-0.39, 0.29) is 17.4 Å². The van der Waals surface area contributed by atoms with Crippen LogP contribution in [0.5, 0.6) is 0 Å². The van der Waals surface area contributed by atoms with Gasteiger partial charge in [0.1, 0.15) is 0 Å². The minimum atomic E-state index is -0.373. The summed E-state index contributed by atoms with van der Waals surface area (Å²) in [6.45, 7) is 1.50. The summed E-state index contributed by atoms with van der Waals surface area (Å²) < 4.78 is 5.49. The maximum absolute atomic E-state index is 12.7. The molecule has 0 saturated carbocycles. The fourth-order valence-corrected chi connectivity index (χ4v) is 2.92. The molecule has 0 aliphatic carbocycles. The van der Waals surface area contributed by atoms with Crippen LogP contribution in [0.1, 0.15) is 27.8 Å². The number of nitrogens with zero attached hydrogens (tertiary/aromatic N) is 1. The molecule has 1 N–H and O–H groups in total. The number of ketones is 1. The Morgan fingerprint density at radius 3 is 2.41 bits per heavy atom. The number of amides is 1. The molecule has 5 nitrogen and oxygen atoms in total. The maximum Gasteiger partial charge on any atom is 0.278 e. The smallest absolute Gasteiger partial charge is 0.278 e. The van der Waals surface area contributed by atoms with Crippen LogP contribution in [0.15, 0.2) is 77.5 Å². The Hall–Kier alpha value is -3.73. The number of Topliss-reactive ketones (excluding diaryl/α,β-unsaturated/α-hetero) is 1. The highest BCUT2D eigenvalue weighted by atomic mass is 16.3. The fourth-order valence-electron chi connectivity index (χ4n) is 2.92. The van der Waals surface area contributed by atoms with E-state index >= 15 is 0 Å². The SMILES string of the molecule is CC(=O)c1ccc(NC(=O)c2ncoc2-c2ccc3ccccc3c2)cc1. The van der Waals surface area contributed by atoms with Crippen molar-refractivity contribution in [1.82, 2.24) is 4.98 Å². The monoisotopic (exact) mass is 356 g/mol. The van der Waals surface area contributed by atoms with Gasteiger partial charge in [0.05, 0.1) is 0 Å². The highest BCUT2D eigenvalue weighted by Gasteiger charge is 2.18. The van der Waals surface area contributed by atoms with Gasteiger partial charge in [0.2, 0.25) is 0 Å². The highest BCUT2D eigenvalue weighted by Crippen LogP contribution is 2.27. The van der Waals surface area contributed by atoms with E-state index in [0.717, 1.165) is 16.3 Å². The van der Waals surface area contributed by atoms with Gasteiger partial charge in [-0.25, -0.2) is 4.98 Å². The Morgan fingerprint density at radius 2 is 1.67 bits per heavy atom. The zero-order valence-electron chi connectivity index (χ0n) is 14.6. The molecule has 0 radical (unpaired) electrons. The molecule has 0 fully saturated rings. The van der Waals surface area contributed by atoms with Crippen molar-refractivity contribution in [2.45, 2.75) is 6.92 Å². The molecule has 0 aliphatic heterocycles. The van der Waals surface area contributed by atoms with Crippen molar-refractivity contribution in [3.63, 3.8) is 0 Å². The summed E-state index contributed by atoms with van der Waals surface area (Å²) >= 11 is 0. The number of carbonyl (C=O) groups is 2. The molecular weight excluding hydrogens is 340 g/mol.